The molecule has 1 unspecified atom stereocenters. The predicted molar refractivity (Wildman–Crippen MR) is 97.1 cm³/mol. The summed E-state index contributed by atoms with van der Waals surface area (Å²) in [5.74, 6) is -1.80. The topological polar surface area (TPSA) is 78.5 Å². The van der Waals surface area contributed by atoms with Crippen LogP contribution < -0.4 is 10.9 Å². The van der Waals surface area contributed by atoms with Crippen molar-refractivity contribution in [2.75, 3.05) is 13.1 Å². The Morgan fingerprint density at radius 1 is 0.926 bits per heavy atom. The Morgan fingerprint density at radius 3 is 2.33 bits per heavy atom. The number of halogens is 1. The molecule has 0 radical (unpaired) electrons. The van der Waals surface area contributed by atoms with Crippen molar-refractivity contribution in [3.8, 4) is 0 Å². The van der Waals surface area contributed by atoms with Crippen LogP contribution in [0.5, 0.6) is 0 Å². The second-order valence-corrected chi connectivity index (χ2v) is 6.41. The van der Waals surface area contributed by atoms with Gasteiger partial charge in [0.2, 0.25) is 5.91 Å². The standard InChI is InChI=1S/C20H20FN3O3/c21-17-10-8-15(9-11-17)20(27)24-12-4-7-16(13-24)19(26)23-22-18(25)14-5-2-1-3-6-14/h1-3,5-6,8-11,16H,4,7,12-13H2,(H,22,25)(H,23,26). The molecule has 2 N–H and O–H groups in total. The summed E-state index contributed by atoms with van der Waals surface area (Å²) in [5, 5.41) is 0. The Morgan fingerprint density at radius 2 is 1.63 bits per heavy atom. The van der Waals surface area contributed by atoms with Crippen LogP contribution in [0.3, 0.4) is 0 Å². The monoisotopic (exact) mass is 369 g/mol. The van der Waals surface area contributed by atoms with Gasteiger partial charge in [-0.25, -0.2) is 4.39 Å². The van der Waals surface area contributed by atoms with Gasteiger partial charge in [-0.1, -0.05) is 18.2 Å². The van der Waals surface area contributed by atoms with E-state index in [1.807, 2.05) is 0 Å². The van der Waals surface area contributed by atoms with Crippen molar-refractivity contribution in [1.29, 1.82) is 0 Å². The Hall–Kier alpha value is -3.22. The normalized spacial score (nSPS) is 16.5. The number of hydrazine groups is 1. The number of carbonyl (C=O) groups is 3. The van der Waals surface area contributed by atoms with Gasteiger partial charge in [-0.2, -0.15) is 0 Å². The molecule has 0 aromatic heterocycles. The largest absolute Gasteiger partial charge is 0.338 e. The van der Waals surface area contributed by atoms with E-state index in [1.165, 1.54) is 24.3 Å². The second-order valence-electron chi connectivity index (χ2n) is 6.41. The lowest BCUT2D eigenvalue weighted by Gasteiger charge is -2.32. The van der Waals surface area contributed by atoms with Gasteiger partial charge in [-0.15, -0.1) is 0 Å². The summed E-state index contributed by atoms with van der Waals surface area (Å²) in [6.07, 6.45) is 1.30. The first-order valence-electron chi connectivity index (χ1n) is 8.74. The third-order valence-electron chi connectivity index (χ3n) is 4.51. The zero-order valence-electron chi connectivity index (χ0n) is 14.7. The molecule has 1 fully saturated rings. The molecule has 140 valence electrons. The molecule has 27 heavy (non-hydrogen) atoms. The highest BCUT2D eigenvalue weighted by Crippen LogP contribution is 2.19. The number of hydrogen-bond donors (Lipinski definition) is 2. The third-order valence-corrected chi connectivity index (χ3v) is 4.51. The summed E-state index contributed by atoms with van der Waals surface area (Å²) in [6.45, 7) is 0.791. The SMILES string of the molecule is O=C(NNC(=O)C1CCCN(C(=O)c2ccc(F)cc2)C1)c1ccccc1. The van der Waals surface area contributed by atoms with E-state index in [2.05, 4.69) is 10.9 Å². The maximum absolute atomic E-state index is 13.0. The van der Waals surface area contributed by atoms with Gasteiger partial charge in [0.05, 0.1) is 5.92 Å². The lowest BCUT2D eigenvalue weighted by Crippen LogP contribution is -2.50. The number of hydrogen-bond acceptors (Lipinski definition) is 3. The molecule has 0 spiro atoms. The molecule has 3 amide bonds. The summed E-state index contributed by atoms with van der Waals surface area (Å²) in [6, 6.07) is 13.9. The maximum atomic E-state index is 13.0. The van der Waals surface area contributed by atoms with E-state index in [0.717, 1.165) is 0 Å². The van der Waals surface area contributed by atoms with Gasteiger partial charge in [0.1, 0.15) is 5.82 Å². The molecule has 6 nitrogen and oxygen atoms in total. The first-order chi connectivity index (χ1) is 13.0. The van der Waals surface area contributed by atoms with Crippen molar-refractivity contribution in [2.24, 2.45) is 5.92 Å². The van der Waals surface area contributed by atoms with Gasteiger partial charge >= 0.3 is 0 Å². The van der Waals surface area contributed by atoms with E-state index in [9.17, 15) is 18.8 Å². The first kappa shape index (κ1) is 18.6. The summed E-state index contributed by atoms with van der Waals surface area (Å²) in [7, 11) is 0. The van der Waals surface area contributed by atoms with Crippen molar-refractivity contribution in [1.82, 2.24) is 15.8 Å². The van der Waals surface area contributed by atoms with Gasteiger partial charge in [0.25, 0.3) is 11.8 Å². The van der Waals surface area contributed by atoms with Crippen LogP contribution in [0.25, 0.3) is 0 Å². The molecule has 0 bridgehead atoms. The van der Waals surface area contributed by atoms with Gasteiger partial charge in [-0.3, -0.25) is 25.2 Å². The van der Waals surface area contributed by atoms with Crippen LogP contribution in [-0.4, -0.2) is 35.7 Å². The zero-order valence-corrected chi connectivity index (χ0v) is 14.7. The average Bonchev–Trinajstić information content (AvgIpc) is 2.72. The number of nitrogens with one attached hydrogen (secondary N) is 2. The van der Waals surface area contributed by atoms with E-state index in [-0.39, 0.29) is 18.4 Å². The smallest absolute Gasteiger partial charge is 0.269 e. The fraction of sp³-hybridized carbons (Fsp3) is 0.250. The maximum Gasteiger partial charge on any atom is 0.269 e. The summed E-state index contributed by atoms with van der Waals surface area (Å²) in [4.78, 5) is 38.5. The van der Waals surface area contributed by atoms with Crippen LogP contribution >= 0.6 is 0 Å². The van der Waals surface area contributed by atoms with Crippen LogP contribution in [0.2, 0.25) is 0 Å². The Labute approximate surface area is 156 Å². The Bertz CT molecular complexity index is 824. The van der Waals surface area contributed by atoms with Crippen molar-refractivity contribution < 1.29 is 18.8 Å². The van der Waals surface area contributed by atoms with E-state index in [1.54, 1.807) is 35.2 Å². The number of benzene rings is 2. The van der Waals surface area contributed by atoms with E-state index < -0.39 is 17.6 Å². The fourth-order valence-electron chi connectivity index (χ4n) is 3.03. The molecule has 3 rings (SSSR count). The Kier molecular flexibility index (Phi) is 5.80. The number of carbonyl (C=O) groups excluding carboxylic acids is 3. The number of amides is 3. The van der Waals surface area contributed by atoms with Gasteiger partial charge in [0.15, 0.2) is 0 Å². The summed E-state index contributed by atoms with van der Waals surface area (Å²) < 4.78 is 13.0. The molecule has 1 heterocycles. The van der Waals surface area contributed by atoms with Crippen LogP contribution in [0.15, 0.2) is 54.6 Å². The first-order valence-corrected chi connectivity index (χ1v) is 8.74. The molecule has 1 aliphatic rings. The average molecular weight is 369 g/mol. The minimum absolute atomic E-state index is 0.235. The zero-order chi connectivity index (χ0) is 19.2. The molecular formula is C20H20FN3O3. The minimum Gasteiger partial charge on any atom is -0.338 e. The second kappa shape index (κ2) is 8.44. The minimum atomic E-state index is -0.417. The van der Waals surface area contributed by atoms with E-state index >= 15 is 0 Å². The van der Waals surface area contributed by atoms with Crippen molar-refractivity contribution in [3.63, 3.8) is 0 Å². The predicted octanol–water partition coefficient (Wildman–Crippen LogP) is 2.14. The molecule has 0 aliphatic carbocycles. The quantitative estimate of drug-likeness (QED) is 0.814. The van der Waals surface area contributed by atoms with Crippen LogP contribution in [-0.2, 0) is 4.79 Å². The molecule has 1 aliphatic heterocycles. The number of rotatable bonds is 3. The number of nitrogens with zero attached hydrogens (tertiary/aromatic N) is 1. The summed E-state index contributed by atoms with van der Waals surface area (Å²) >= 11 is 0. The lowest BCUT2D eigenvalue weighted by atomic mass is 9.96. The van der Waals surface area contributed by atoms with Crippen molar-refractivity contribution >= 4 is 17.7 Å². The van der Waals surface area contributed by atoms with Crippen LogP contribution in [0, 0.1) is 11.7 Å². The van der Waals surface area contributed by atoms with Crippen LogP contribution in [0.1, 0.15) is 33.6 Å². The van der Waals surface area contributed by atoms with Gasteiger partial charge in [-0.05, 0) is 49.2 Å². The molecule has 7 heteroatoms. The molecule has 1 saturated heterocycles. The third kappa shape index (κ3) is 4.69. The van der Waals surface area contributed by atoms with Gasteiger partial charge in [0, 0.05) is 24.2 Å². The Balaban J connectivity index is 1.55. The number of piperidine rings is 1. The molecule has 2 aromatic carbocycles. The highest BCUT2D eigenvalue weighted by molar-refractivity contribution is 5.96. The summed E-state index contributed by atoms with van der Waals surface area (Å²) in [5.41, 5.74) is 5.65. The van der Waals surface area contributed by atoms with E-state index in [4.69, 9.17) is 0 Å². The molecule has 1 atom stereocenters. The highest BCUT2D eigenvalue weighted by atomic mass is 19.1. The van der Waals surface area contributed by atoms with Crippen molar-refractivity contribution in [3.05, 3.63) is 71.5 Å². The lowest BCUT2D eigenvalue weighted by molar-refractivity contribution is -0.127. The molecular weight excluding hydrogens is 349 g/mol. The van der Waals surface area contributed by atoms with Gasteiger partial charge < -0.3 is 4.90 Å². The highest BCUT2D eigenvalue weighted by Gasteiger charge is 2.29. The molecule has 2 aromatic rings. The van der Waals surface area contributed by atoms with Crippen molar-refractivity contribution in [2.45, 2.75) is 12.8 Å². The van der Waals surface area contributed by atoms with E-state index in [0.29, 0.717) is 30.5 Å². The molecule has 0 saturated carbocycles. The number of likely N-dealkylation sites (tertiary alicyclic amines) is 1. The van der Waals surface area contributed by atoms with Crippen LogP contribution in [0.4, 0.5) is 4.39 Å². The fourth-order valence-corrected chi connectivity index (χ4v) is 3.03.